The first kappa shape index (κ1) is 19.7. The Morgan fingerprint density at radius 2 is 1.92 bits per heavy atom. The van der Waals surface area contributed by atoms with Gasteiger partial charge in [-0.3, -0.25) is 9.59 Å². The van der Waals surface area contributed by atoms with Crippen LogP contribution in [0.4, 0.5) is 13.2 Å². The van der Waals surface area contributed by atoms with Gasteiger partial charge in [-0.25, -0.2) is 9.67 Å². The van der Waals surface area contributed by atoms with Crippen molar-refractivity contribution in [2.75, 3.05) is 6.61 Å². The highest BCUT2D eigenvalue weighted by atomic mass is 19.4. The lowest BCUT2D eigenvalue weighted by Crippen LogP contribution is -2.35. The van der Waals surface area contributed by atoms with E-state index in [4.69, 9.17) is 12.6 Å². The fourth-order valence-corrected chi connectivity index (χ4v) is 2.12. The van der Waals surface area contributed by atoms with Crippen molar-refractivity contribution in [3.05, 3.63) is 35.8 Å². The van der Waals surface area contributed by atoms with Gasteiger partial charge < -0.3 is 4.74 Å². The molecule has 0 fully saturated rings. The first-order chi connectivity index (χ1) is 12.0. The Hall–Kier alpha value is -2.65. The number of hydrogen-bond acceptors (Lipinski definition) is 5. The van der Waals surface area contributed by atoms with Crippen LogP contribution in [0.15, 0.2) is 24.4 Å². The lowest BCUT2D eigenvalue weighted by molar-refractivity contribution is -0.150. The van der Waals surface area contributed by atoms with Gasteiger partial charge >= 0.3 is 12.1 Å². The Bertz CT molecular complexity index is 830. The van der Waals surface area contributed by atoms with E-state index in [-0.39, 0.29) is 17.9 Å². The molecule has 0 N–H and O–H groups in total. The zero-order valence-electron chi connectivity index (χ0n) is 14.3. The van der Waals surface area contributed by atoms with Crippen LogP contribution in [0.1, 0.15) is 37.0 Å². The van der Waals surface area contributed by atoms with Gasteiger partial charge in [0.1, 0.15) is 19.0 Å². The fourth-order valence-electron chi connectivity index (χ4n) is 2.12. The molecule has 2 aromatic heterocycles. The van der Waals surface area contributed by atoms with Crippen molar-refractivity contribution in [1.82, 2.24) is 14.8 Å². The topological polar surface area (TPSA) is 74.1 Å². The molecule has 0 aromatic carbocycles. The Morgan fingerprint density at radius 1 is 1.27 bits per heavy atom. The van der Waals surface area contributed by atoms with E-state index in [0.29, 0.717) is 10.7 Å². The number of halogens is 3. The molecule has 0 aliphatic heterocycles. The van der Waals surface area contributed by atoms with Crippen LogP contribution in [0.25, 0.3) is 5.82 Å². The van der Waals surface area contributed by atoms with Gasteiger partial charge in [-0.05, 0) is 26.8 Å². The quantitative estimate of drug-likeness (QED) is 0.350. The van der Waals surface area contributed by atoms with Crippen LogP contribution in [-0.2, 0) is 15.7 Å². The number of ketones is 1. The molecular formula is C16H15BF3N3O3. The molecular weight excluding hydrogens is 350 g/mol. The van der Waals surface area contributed by atoms with Crippen LogP contribution in [0.2, 0.25) is 0 Å². The zero-order chi connectivity index (χ0) is 19.7. The van der Waals surface area contributed by atoms with Crippen LogP contribution in [0, 0.1) is 5.41 Å². The number of hydrogen-bond donors (Lipinski definition) is 0. The molecule has 0 aliphatic rings. The summed E-state index contributed by atoms with van der Waals surface area (Å²) in [6.07, 6.45) is -3.62. The number of aromatic nitrogens is 3. The fraction of sp³-hybridized carbons (Fsp3) is 0.375. The van der Waals surface area contributed by atoms with E-state index < -0.39 is 34.7 Å². The maximum absolute atomic E-state index is 13.3. The van der Waals surface area contributed by atoms with E-state index in [0.717, 1.165) is 0 Å². The van der Waals surface area contributed by atoms with Gasteiger partial charge in [0.25, 0.3) is 0 Å². The standard InChI is InChI=1S/C16H15BF3N3O3/c1-4-26-14(25)15(2,3)13(24)10-7-11(16(18,19)20)23(22-10)12-6-5-9(17)8-21-12/h5-8H,4H2,1-3H3. The van der Waals surface area contributed by atoms with Gasteiger partial charge in [-0.1, -0.05) is 11.5 Å². The van der Waals surface area contributed by atoms with Crippen LogP contribution in [-0.4, -0.2) is 41.0 Å². The van der Waals surface area contributed by atoms with E-state index >= 15 is 0 Å². The monoisotopic (exact) mass is 365 g/mol. The van der Waals surface area contributed by atoms with Gasteiger partial charge in [-0.15, -0.1) is 0 Å². The Kier molecular flexibility index (Phi) is 5.24. The minimum Gasteiger partial charge on any atom is -0.465 e. The summed E-state index contributed by atoms with van der Waals surface area (Å²) < 4.78 is 45.4. The molecule has 136 valence electrons. The van der Waals surface area contributed by atoms with Gasteiger partial charge in [-0.2, -0.15) is 18.3 Å². The van der Waals surface area contributed by atoms with Gasteiger partial charge in [0, 0.05) is 12.3 Å². The highest BCUT2D eigenvalue weighted by Gasteiger charge is 2.43. The van der Waals surface area contributed by atoms with E-state index in [1.54, 1.807) is 6.92 Å². The number of Topliss-reactive ketones (excluding diaryl/α,β-unsaturated/α-hetero) is 1. The minimum atomic E-state index is -4.79. The predicted octanol–water partition coefficient (Wildman–Crippen LogP) is 1.85. The van der Waals surface area contributed by atoms with Crippen LogP contribution < -0.4 is 5.46 Å². The number of pyridine rings is 1. The van der Waals surface area contributed by atoms with Crippen molar-refractivity contribution in [1.29, 1.82) is 0 Å². The summed E-state index contributed by atoms with van der Waals surface area (Å²) in [5.74, 6) is -1.91. The maximum Gasteiger partial charge on any atom is 0.433 e. The second-order valence-corrected chi connectivity index (χ2v) is 5.95. The number of esters is 1. The second-order valence-electron chi connectivity index (χ2n) is 5.95. The molecule has 2 rings (SSSR count). The maximum atomic E-state index is 13.3. The van der Waals surface area contributed by atoms with Gasteiger partial charge in [0.05, 0.1) is 6.61 Å². The van der Waals surface area contributed by atoms with Gasteiger partial charge in [0.2, 0.25) is 0 Å². The Labute approximate surface area is 148 Å². The molecule has 2 radical (unpaired) electrons. The summed E-state index contributed by atoms with van der Waals surface area (Å²) in [6, 6.07) is 3.18. The SMILES string of the molecule is [B]c1ccc(-n2nc(C(=O)C(C)(C)C(=O)OCC)cc2C(F)(F)F)nc1. The largest absolute Gasteiger partial charge is 0.465 e. The zero-order valence-corrected chi connectivity index (χ0v) is 14.3. The molecule has 0 bridgehead atoms. The average molecular weight is 365 g/mol. The van der Waals surface area contributed by atoms with E-state index in [9.17, 15) is 22.8 Å². The highest BCUT2D eigenvalue weighted by molar-refractivity contribution is 6.32. The van der Waals surface area contributed by atoms with E-state index in [1.165, 1.54) is 32.2 Å². The molecule has 26 heavy (non-hydrogen) atoms. The van der Waals surface area contributed by atoms with E-state index in [2.05, 4.69) is 10.1 Å². The molecule has 10 heteroatoms. The summed E-state index contributed by atoms with van der Waals surface area (Å²) in [6.45, 7) is 4.12. The van der Waals surface area contributed by atoms with E-state index in [1.807, 2.05) is 0 Å². The number of carbonyl (C=O) groups is 2. The van der Waals surface area contributed by atoms with Crippen LogP contribution in [0.3, 0.4) is 0 Å². The van der Waals surface area contributed by atoms with Crippen molar-refractivity contribution in [3.8, 4) is 5.82 Å². The molecule has 0 aliphatic carbocycles. The smallest absolute Gasteiger partial charge is 0.433 e. The third kappa shape index (κ3) is 3.78. The summed E-state index contributed by atoms with van der Waals surface area (Å²) in [4.78, 5) is 28.3. The van der Waals surface area contributed by atoms with Crippen molar-refractivity contribution in [3.63, 3.8) is 0 Å². The number of ether oxygens (including phenoxy) is 1. The number of alkyl halides is 3. The lowest BCUT2D eigenvalue weighted by atomic mass is 9.86. The second kappa shape index (κ2) is 6.93. The van der Waals surface area contributed by atoms with Crippen molar-refractivity contribution >= 4 is 25.1 Å². The highest BCUT2D eigenvalue weighted by Crippen LogP contribution is 2.33. The molecule has 6 nitrogen and oxygen atoms in total. The van der Waals surface area contributed by atoms with Gasteiger partial charge in [0.15, 0.2) is 17.3 Å². The Morgan fingerprint density at radius 3 is 2.42 bits per heavy atom. The Balaban J connectivity index is 2.53. The van der Waals surface area contributed by atoms with Crippen LogP contribution >= 0.6 is 0 Å². The summed E-state index contributed by atoms with van der Waals surface area (Å²) >= 11 is 0. The minimum absolute atomic E-state index is 0.0349. The third-order valence-electron chi connectivity index (χ3n) is 3.57. The predicted molar refractivity (Wildman–Crippen MR) is 86.5 cm³/mol. The number of rotatable bonds is 5. The molecule has 0 unspecified atom stereocenters. The molecule has 0 spiro atoms. The number of carbonyl (C=O) groups excluding carboxylic acids is 2. The first-order valence-corrected chi connectivity index (χ1v) is 7.59. The molecule has 0 atom stereocenters. The lowest BCUT2D eigenvalue weighted by Gasteiger charge is -2.19. The molecule has 2 heterocycles. The molecule has 2 aromatic rings. The average Bonchev–Trinajstić information content (AvgIpc) is 3.00. The van der Waals surface area contributed by atoms with Crippen molar-refractivity contribution < 1.29 is 27.5 Å². The van der Waals surface area contributed by atoms with Crippen molar-refractivity contribution in [2.24, 2.45) is 5.41 Å². The number of nitrogens with zero attached hydrogens (tertiary/aromatic N) is 3. The first-order valence-electron chi connectivity index (χ1n) is 7.59. The molecule has 0 amide bonds. The molecule has 0 saturated heterocycles. The normalized spacial score (nSPS) is 12.1. The summed E-state index contributed by atoms with van der Waals surface area (Å²) in [7, 11) is 5.48. The third-order valence-corrected chi connectivity index (χ3v) is 3.57. The summed E-state index contributed by atoms with van der Waals surface area (Å²) in [5.41, 5.74) is -3.15. The van der Waals surface area contributed by atoms with Crippen LogP contribution in [0.5, 0.6) is 0 Å². The molecule has 0 saturated carbocycles. The van der Waals surface area contributed by atoms with Crippen molar-refractivity contribution in [2.45, 2.75) is 26.9 Å². The summed E-state index contributed by atoms with van der Waals surface area (Å²) in [5, 5.41) is 3.72.